The Kier molecular flexibility index (Phi) is 3.39. The predicted molar refractivity (Wildman–Crippen MR) is 68.2 cm³/mol. The first-order valence-electron chi connectivity index (χ1n) is 5.30. The smallest absolute Gasteiger partial charge is 0.0733 e. The number of alkyl halides is 1. The molecule has 2 unspecified atom stereocenters. The number of hydrogen-bond donors (Lipinski definition) is 0. The number of halogens is 1. The molecule has 2 atom stereocenters. The third-order valence-corrected chi connectivity index (χ3v) is 3.52. The summed E-state index contributed by atoms with van der Waals surface area (Å²) in [5, 5.41) is 8.13. The number of nitrogens with zero attached hydrogens (tertiary/aromatic N) is 3. The van der Waals surface area contributed by atoms with E-state index in [-0.39, 0.29) is 0 Å². The molecule has 0 radical (unpaired) electrons. The maximum Gasteiger partial charge on any atom is 0.0733 e. The lowest BCUT2D eigenvalue weighted by molar-refractivity contribution is 0.674. The van der Waals surface area contributed by atoms with Crippen LogP contribution in [0, 0.1) is 0 Å². The number of para-hydroxylation sites is 1. The van der Waals surface area contributed by atoms with Crippen molar-refractivity contribution in [3.05, 3.63) is 42.2 Å². The molecule has 0 fully saturated rings. The second kappa shape index (κ2) is 4.78. The monoisotopic (exact) mass is 279 g/mol. The van der Waals surface area contributed by atoms with Crippen LogP contribution in [0.3, 0.4) is 0 Å². The molecule has 16 heavy (non-hydrogen) atoms. The van der Waals surface area contributed by atoms with E-state index in [2.05, 4.69) is 40.1 Å². The van der Waals surface area contributed by atoms with Crippen LogP contribution in [-0.4, -0.2) is 19.8 Å². The summed E-state index contributed by atoms with van der Waals surface area (Å²) >= 11 is 3.60. The largest absolute Gasteiger partial charge is 0.217 e. The first-order valence-corrected chi connectivity index (χ1v) is 6.22. The highest BCUT2D eigenvalue weighted by Gasteiger charge is 2.17. The van der Waals surface area contributed by atoms with Crippen molar-refractivity contribution in [1.82, 2.24) is 15.0 Å². The van der Waals surface area contributed by atoms with Gasteiger partial charge in [0, 0.05) is 10.7 Å². The summed E-state index contributed by atoms with van der Waals surface area (Å²) in [6, 6.07) is 10.1. The lowest BCUT2D eigenvalue weighted by Gasteiger charge is -2.15. The van der Waals surface area contributed by atoms with E-state index < -0.39 is 0 Å². The molecule has 1 heterocycles. The number of rotatable bonds is 3. The van der Waals surface area contributed by atoms with Crippen LogP contribution in [0.25, 0.3) is 5.69 Å². The Morgan fingerprint density at radius 1 is 1.19 bits per heavy atom. The van der Waals surface area contributed by atoms with E-state index in [9.17, 15) is 0 Å². The molecular weight excluding hydrogens is 266 g/mol. The molecule has 0 bridgehead atoms. The Labute approximate surface area is 104 Å². The number of hydrogen-bond acceptors (Lipinski definition) is 2. The van der Waals surface area contributed by atoms with Crippen LogP contribution in [0.5, 0.6) is 0 Å². The number of aromatic nitrogens is 3. The van der Waals surface area contributed by atoms with Crippen LogP contribution < -0.4 is 0 Å². The van der Waals surface area contributed by atoms with Gasteiger partial charge in [-0.05, 0) is 12.1 Å². The Hall–Kier alpha value is -1.16. The zero-order valence-electron chi connectivity index (χ0n) is 9.34. The van der Waals surface area contributed by atoms with Gasteiger partial charge in [0.25, 0.3) is 0 Å². The van der Waals surface area contributed by atoms with E-state index in [0.717, 1.165) is 11.4 Å². The highest BCUT2D eigenvalue weighted by molar-refractivity contribution is 9.09. The van der Waals surface area contributed by atoms with Gasteiger partial charge in [0.15, 0.2) is 0 Å². The van der Waals surface area contributed by atoms with Crippen LogP contribution in [0.4, 0.5) is 0 Å². The summed E-state index contributed by atoms with van der Waals surface area (Å²) in [7, 11) is 0. The van der Waals surface area contributed by atoms with Gasteiger partial charge in [0.05, 0.1) is 17.6 Å². The van der Waals surface area contributed by atoms with Crippen molar-refractivity contribution >= 4 is 15.9 Å². The summed E-state index contributed by atoms with van der Waals surface area (Å²) in [4.78, 5) is 0.397. The lowest BCUT2D eigenvalue weighted by Crippen LogP contribution is -2.11. The average molecular weight is 280 g/mol. The van der Waals surface area contributed by atoms with Crippen LogP contribution in [0.15, 0.2) is 36.5 Å². The maximum atomic E-state index is 4.14. The highest BCUT2D eigenvalue weighted by atomic mass is 79.9. The first-order chi connectivity index (χ1) is 7.70. The van der Waals surface area contributed by atoms with Gasteiger partial charge in [0.1, 0.15) is 0 Å². The van der Waals surface area contributed by atoms with E-state index in [1.807, 2.05) is 41.2 Å². The fourth-order valence-corrected chi connectivity index (χ4v) is 1.83. The molecule has 1 aromatic heterocycles. The van der Waals surface area contributed by atoms with E-state index in [0.29, 0.717) is 10.7 Å². The van der Waals surface area contributed by atoms with Gasteiger partial charge in [-0.25, -0.2) is 4.68 Å². The average Bonchev–Trinajstić information content (AvgIpc) is 2.77. The van der Waals surface area contributed by atoms with Gasteiger partial charge in [-0.2, -0.15) is 0 Å². The van der Waals surface area contributed by atoms with Crippen molar-refractivity contribution in [2.75, 3.05) is 0 Å². The quantitative estimate of drug-likeness (QED) is 0.808. The first kappa shape index (κ1) is 11.3. The Morgan fingerprint density at radius 3 is 2.50 bits per heavy atom. The topological polar surface area (TPSA) is 30.7 Å². The fourth-order valence-electron chi connectivity index (χ4n) is 1.56. The van der Waals surface area contributed by atoms with Crippen LogP contribution in [0.1, 0.15) is 25.5 Å². The van der Waals surface area contributed by atoms with Gasteiger partial charge in [-0.15, -0.1) is 5.10 Å². The molecule has 3 nitrogen and oxygen atoms in total. The molecule has 4 heteroatoms. The third-order valence-electron chi connectivity index (χ3n) is 2.73. The van der Waals surface area contributed by atoms with Crippen molar-refractivity contribution in [3.8, 4) is 5.69 Å². The molecule has 0 aliphatic rings. The molecule has 0 saturated heterocycles. The minimum Gasteiger partial charge on any atom is -0.217 e. The summed E-state index contributed by atoms with van der Waals surface area (Å²) in [6.07, 6.45) is 1.83. The molecule has 2 aromatic rings. The molecule has 0 spiro atoms. The Bertz CT molecular complexity index is 450. The summed E-state index contributed by atoms with van der Waals surface area (Å²) in [5.41, 5.74) is 2.17. The normalized spacial score (nSPS) is 14.7. The van der Waals surface area contributed by atoms with E-state index >= 15 is 0 Å². The number of benzene rings is 1. The second-order valence-electron chi connectivity index (χ2n) is 3.87. The third kappa shape index (κ3) is 2.16. The van der Waals surface area contributed by atoms with E-state index in [4.69, 9.17) is 0 Å². The summed E-state index contributed by atoms with van der Waals surface area (Å²) in [6.45, 7) is 4.30. The van der Waals surface area contributed by atoms with Gasteiger partial charge in [-0.3, -0.25) is 0 Å². The van der Waals surface area contributed by atoms with Crippen LogP contribution in [-0.2, 0) is 0 Å². The predicted octanol–water partition coefficient (Wildman–Crippen LogP) is 3.15. The molecule has 1 aromatic carbocycles. The van der Waals surface area contributed by atoms with Gasteiger partial charge in [-0.1, -0.05) is 53.2 Å². The molecule has 0 N–H and O–H groups in total. The molecular formula is C12H14BrN3. The zero-order chi connectivity index (χ0) is 11.5. The Balaban J connectivity index is 2.40. The Morgan fingerprint density at radius 2 is 1.88 bits per heavy atom. The minimum atomic E-state index is 0.371. The van der Waals surface area contributed by atoms with Gasteiger partial charge in [0.2, 0.25) is 0 Å². The van der Waals surface area contributed by atoms with Crippen molar-refractivity contribution in [3.63, 3.8) is 0 Å². The molecule has 2 rings (SSSR count). The zero-order valence-corrected chi connectivity index (χ0v) is 10.9. The van der Waals surface area contributed by atoms with Crippen LogP contribution >= 0.6 is 15.9 Å². The van der Waals surface area contributed by atoms with Gasteiger partial charge >= 0.3 is 0 Å². The van der Waals surface area contributed by atoms with E-state index in [1.54, 1.807) is 0 Å². The molecule has 0 amide bonds. The second-order valence-corrected chi connectivity index (χ2v) is 5.32. The van der Waals surface area contributed by atoms with Crippen LogP contribution in [0.2, 0.25) is 0 Å². The standard InChI is InChI=1S/C12H14BrN3/c1-9(10(2)13)12-8-14-15-16(12)11-6-4-3-5-7-11/h3-10H,1-2H3. The summed E-state index contributed by atoms with van der Waals surface area (Å²) in [5.74, 6) is 0.371. The SMILES string of the molecule is CC(Br)C(C)c1cnnn1-c1ccccc1. The van der Waals surface area contributed by atoms with Crippen molar-refractivity contribution < 1.29 is 0 Å². The fraction of sp³-hybridized carbons (Fsp3) is 0.333. The minimum absolute atomic E-state index is 0.371. The van der Waals surface area contributed by atoms with Gasteiger partial charge < -0.3 is 0 Å². The lowest BCUT2D eigenvalue weighted by atomic mass is 10.1. The maximum absolute atomic E-state index is 4.14. The molecule has 0 aliphatic carbocycles. The van der Waals surface area contributed by atoms with E-state index in [1.165, 1.54) is 0 Å². The molecule has 0 saturated carbocycles. The molecule has 0 aliphatic heterocycles. The van der Waals surface area contributed by atoms with Crippen molar-refractivity contribution in [1.29, 1.82) is 0 Å². The van der Waals surface area contributed by atoms with Crippen molar-refractivity contribution in [2.24, 2.45) is 0 Å². The highest BCUT2D eigenvalue weighted by Crippen LogP contribution is 2.24. The summed E-state index contributed by atoms with van der Waals surface area (Å²) < 4.78 is 1.89. The van der Waals surface area contributed by atoms with Crippen molar-refractivity contribution in [2.45, 2.75) is 24.6 Å². The molecule has 84 valence electrons.